The van der Waals surface area contributed by atoms with Gasteiger partial charge in [0, 0.05) is 11.4 Å². The first-order chi connectivity index (χ1) is 20.2. The molecule has 0 bridgehead atoms. The number of nitrogens with one attached hydrogen (secondary N) is 2. The minimum absolute atomic E-state index is 0.223. The molecular weight excluding hydrogens is 578 g/mol. The highest BCUT2D eigenvalue weighted by Crippen LogP contribution is 2.62. The lowest BCUT2D eigenvalue weighted by Gasteiger charge is -2.29. The zero-order valence-electron chi connectivity index (χ0n) is 25.1. The Morgan fingerprint density at radius 3 is 1.05 bits per heavy atom. The van der Waals surface area contributed by atoms with E-state index in [2.05, 4.69) is 10.6 Å². The molecule has 2 unspecified atom stereocenters. The lowest BCUT2D eigenvalue weighted by atomic mass is 10.2. The summed E-state index contributed by atoms with van der Waals surface area (Å²) in [5.74, 6) is -0.188. The van der Waals surface area contributed by atoms with E-state index < -0.39 is 26.8 Å². The molecule has 3 aromatic carbocycles. The maximum absolute atomic E-state index is 13.9. The first kappa shape index (κ1) is 33.7. The summed E-state index contributed by atoms with van der Waals surface area (Å²) in [7, 11) is -4.03. The van der Waals surface area contributed by atoms with Crippen molar-refractivity contribution in [1.29, 1.82) is 0 Å². The average Bonchev–Trinajstić information content (AvgIpc) is 3.00. The van der Waals surface area contributed by atoms with Gasteiger partial charge in [-0.05, 0) is 87.4 Å². The van der Waals surface area contributed by atoms with Gasteiger partial charge in [0.25, 0.3) is 0 Å². The molecule has 3 rings (SSSR count). The van der Waals surface area contributed by atoms with Crippen LogP contribution in [0.25, 0.3) is 0 Å². The third-order valence-corrected chi connectivity index (χ3v) is 10.8. The smallest absolute Gasteiger partial charge is 0.357 e. The Kier molecular flexibility index (Phi) is 12.9. The standard InChI is InChI=1S/C30H42N2O8P2/c1-7-37-41(33,38-8-2)29(23-11-19-27(35-5)20-12-23)31-25-15-17-26(18-16-25)32-30(42(34,39-9-3)40-10-4)24-13-21-28(36-6)22-14-24/h11-22,29-32H,7-10H2,1-6H3. The molecule has 0 aliphatic carbocycles. The van der Waals surface area contributed by atoms with Gasteiger partial charge < -0.3 is 38.2 Å². The summed E-state index contributed by atoms with van der Waals surface area (Å²) < 4.78 is 61.2. The number of hydrogen-bond acceptors (Lipinski definition) is 10. The monoisotopic (exact) mass is 620 g/mol. The molecule has 0 aromatic heterocycles. The third-order valence-electron chi connectivity index (χ3n) is 6.22. The van der Waals surface area contributed by atoms with E-state index >= 15 is 0 Å². The van der Waals surface area contributed by atoms with Crippen LogP contribution < -0.4 is 20.1 Å². The molecule has 0 heterocycles. The molecule has 2 atom stereocenters. The van der Waals surface area contributed by atoms with Crippen LogP contribution in [0.2, 0.25) is 0 Å². The normalized spacial score (nSPS) is 13.3. The fraction of sp³-hybridized carbons (Fsp3) is 0.400. The topological polar surface area (TPSA) is 114 Å². The van der Waals surface area contributed by atoms with Crippen molar-refractivity contribution in [2.75, 3.05) is 51.3 Å². The Balaban J connectivity index is 1.93. The zero-order valence-corrected chi connectivity index (χ0v) is 26.9. The van der Waals surface area contributed by atoms with Gasteiger partial charge in [-0.1, -0.05) is 24.3 Å². The molecule has 42 heavy (non-hydrogen) atoms. The largest absolute Gasteiger partial charge is 0.497 e. The van der Waals surface area contributed by atoms with E-state index in [9.17, 15) is 9.13 Å². The Morgan fingerprint density at radius 1 is 0.524 bits per heavy atom. The van der Waals surface area contributed by atoms with E-state index in [0.29, 0.717) is 22.9 Å². The first-order valence-electron chi connectivity index (χ1n) is 13.9. The highest BCUT2D eigenvalue weighted by Gasteiger charge is 2.38. The van der Waals surface area contributed by atoms with Crippen molar-refractivity contribution in [2.45, 2.75) is 39.3 Å². The van der Waals surface area contributed by atoms with Crippen LogP contribution in [0.15, 0.2) is 72.8 Å². The predicted molar refractivity (Wildman–Crippen MR) is 167 cm³/mol. The number of hydrogen-bond donors (Lipinski definition) is 2. The maximum Gasteiger partial charge on any atom is 0.357 e. The van der Waals surface area contributed by atoms with Crippen LogP contribution >= 0.6 is 15.2 Å². The van der Waals surface area contributed by atoms with Crippen molar-refractivity contribution < 1.29 is 36.7 Å². The van der Waals surface area contributed by atoms with Gasteiger partial charge in [-0.25, -0.2) is 0 Å². The number of rotatable bonds is 18. The van der Waals surface area contributed by atoms with E-state index in [0.717, 1.165) is 11.1 Å². The first-order valence-corrected chi connectivity index (χ1v) is 17.2. The molecular formula is C30H42N2O8P2. The molecule has 10 nitrogen and oxygen atoms in total. The van der Waals surface area contributed by atoms with Crippen LogP contribution in [0, 0.1) is 0 Å². The predicted octanol–water partition coefficient (Wildman–Crippen LogP) is 8.46. The van der Waals surface area contributed by atoms with Crippen LogP contribution in [0.1, 0.15) is 50.4 Å². The molecule has 0 saturated heterocycles. The van der Waals surface area contributed by atoms with E-state index in [1.807, 2.05) is 48.5 Å². The van der Waals surface area contributed by atoms with E-state index in [4.69, 9.17) is 27.6 Å². The number of methoxy groups -OCH3 is 2. The fourth-order valence-corrected chi connectivity index (χ4v) is 8.21. The van der Waals surface area contributed by atoms with Crippen molar-refractivity contribution >= 4 is 26.6 Å². The van der Waals surface area contributed by atoms with Gasteiger partial charge in [0.2, 0.25) is 0 Å². The molecule has 0 aliphatic rings. The van der Waals surface area contributed by atoms with Crippen molar-refractivity contribution in [3.8, 4) is 11.5 Å². The van der Waals surface area contributed by atoms with Crippen LogP contribution in [-0.2, 0) is 27.2 Å². The van der Waals surface area contributed by atoms with Crippen LogP contribution in [0.3, 0.4) is 0 Å². The Hall–Kier alpha value is -2.84. The van der Waals surface area contributed by atoms with Gasteiger partial charge >= 0.3 is 15.2 Å². The lowest BCUT2D eigenvalue weighted by molar-refractivity contribution is 0.213. The van der Waals surface area contributed by atoms with Crippen molar-refractivity contribution in [3.63, 3.8) is 0 Å². The lowest BCUT2D eigenvalue weighted by Crippen LogP contribution is -2.16. The second kappa shape index (κ2) is 16.1. The second-order valence-electron chi connectivity index (χ2n) is 8.97. The van der Waals surface area contributed by atoms with Crippen molar-refractivity contribution in [1.82, 2.24) is 0 Å². The summed E-state index contributed by atoms with van der Waals surface area (Å²) in [6, 6.07) is 21.8. The number of ether oxygens (including phenoxy) is 2. The molecule has 0 amide bonds. The van der Waals surface area contributed by atoms with Gasteiger partial charge in [0.05, 0.1) is 40.6 Å². The summed E-state index contributed by atoms with van der Waals surface area (Å²) >= 11 is 0. The quantitative estimate of drug-likeness (QED) is 0.134. The summed E-state index contributed by atoms with van der Waals surface area (Å²) in [5.41, 5.74) is 2.80. The van der Waals surface area contributed by atoms with E-state index in [1.165, 1.54) is 0 Å². The molecule has 230 valence electrons. The van der Waals surface area contributed by atoms with Gasteiger partial charge in [-0.3, -0.25) is 9.13 Å². The summed E-state index contributed by atoms with van der Waals surface area (Å²) in [4.78, 5) is 0. The summed E-state index contributed by atoms with van der Waals surface area (Å²) in [6.45, 7) is 8.00. The minimum Gasteiger partial charge on any atom is -0.497 e. The SMILES string of the molecule is CCOP(=O)(OCC)C(Nc1ccc(NC(c2ccc(OC)cc2)P(=O)(OCC)OCC)cc1)c1ccc(OC)cc1. The molecule has 12 heteroatoms. The van der Waals surface area contributed by atoms with E-state index in [1.54, 1.807) is 66.2 Å². The highest BCUT2D eigenvalue weighted by atomic mass is 31.2. The van der Waals surface area contributed by atoms with Crippen LogP contribution in [0.4, 0.5) is 11.4 Å². The third kappa shape index (κ3) is 8.60. The van der Waals surface area contributed by atoms with Crippen LogP contribution in [0.5, 0.6) is 11.5 Å². The van der Waals surface area contributed by atoms with Gasteiger partial charge in [0.15, 0.2) is 11.6 Å². The van der Waals surface area contributed by atoms with Gasteiger partial charge in [-0.2, -0.15) is 0 Å². The molecule has 2 N–H and O–H groups in total. The maximum atomic E-state index is 13.9. The summed E-state index contributed by atoms with van der Waals surface area (Å²) in [5, 5.41) is 6.68. The molecule has 0 saturated carbocycles. The second-order valence-corrected chi connectivity index (χ2v) is 13.2. The molecule has 3 aromatic rings. The molecule has 0 spiro atoms. The number of anilines is 2. The molecule has 0 radical (unpaired) electrons. The molecule has 0 fully saturated rings. The summed E-state index contributed by atoms with van der Waals surface area (Å²) in [6.07, 6.45) is 0. The Bertz CT molecular complexity index is 1200. The average molecular weight is 621 g/mol. The zero-order chi connectivity index (χ0) is 30.6. The van der Waals surface area contributed by atoms with Gasteiger partial charge in [0.1, 0.15) is 11.5 Å². The van der Waals surface area contributed by atoms with E-state index in [-0.39, 0.29) is 26.4 Å². The van der Waals surface area contributed by atoms with Crippen molar-refractivity contribution in [2.24, 2.45) is 0 Å². The Labute approximate surface area is 249 Å². The van der Waals surface area contributed by atoms with Crippen LogP contribution in [-0.4, -0.2) is 40.6 Å². The minimum atomic E-state index is -3.61. The number of benzene rings is 3. The van der Waals surface area contributed by atoms with Gasteiger partial charge in [-0.15, -0.1) is 0 Å². The van der Waals surface area contributed by atoms with Crippen molar-refractivity contribution in [3.05, 3.63) is 83.9 Å². The molecule has 0 aliphatic heterocycles. The Morgan fingerprint density at radius 2 is 0.810 bits per heavy atom. The highest BCUT2D eigenvalue weighted by molar-refractivity contribution is 7.54. The fourth-order valence-electron chi connectivity index (χ4n) is 4.33.